The van der Waals surface area contributed by atoms with Gasteiger partial charge in [0.1, 0.15) is 5.75 Å². The van der Waals surface area contributed by atoms with Gasteiger partial charge in [-0.05, 0) is 31.4 Å². The van der Waals surface area contributed by atoms with Gasteiger partial charge in [-0.15, -0.1) is 0 Å². The van der Waals surface area contributed by atoms with Crippen molar-refractivity contribution < 1.29 is 9.53 Å². The minimum Gasteiger partial charge on any atom is -0.490 e. The van der Waals surface area contributed by atoms with E-state index >= 15 is 0 Å². The number of rotatable bonds is 19. The lowest BCUT2D eigenvalue weighted by Crippen LogP contribution is -2.18. The summed E-state index contributed by atoms with van der Waals surface area (Å²) in [5.41, 5.74) is 1.38. The second kappa shape index (κ2) is 17.4. The lowest BCUT2D eigenvalue weighted by molar-refractivity contribution is 0.102. The van der Waals surface area contributed by atoms with Crippen LogP contribution in [0.2, 0.25) is 0 Å². The van der Waals surface area contributed by atoms with E-state index in [1.165, 1.54) is 77.0 Å². The monoisotopic (exact) mass is 450 g/mol. The van der Waals surface area contributed by atoms with Gasteiger partial charge >= 0.3 is 0 Å². The second-order valence-electron chi connectivity index (χ2n) is 9.40. The van der Waals surface area contributed by atoms with Crippen molar-refractivity contribution >= 4 is 5.78 Å². The van der Waals surface area contributed by atoms with Crippen LogP contribution >= 0.6 is 0 Å². The molecule has 33 heavy (non-hydrogen) atoms. The molecule has 0 N–H and O–H groups in total. The largest absolute Gasteiger partial charge is 0.490 e. The molecule has 0 aliphatic rings. The Morgan fingerprint density at radius 2 is 1.18 bits per heavy atom. The van der Waals surface area contributed by atoms with Crippen LogP contribution in [-0.2, 0) is 0 Å². The molecule has 1 unspecified atom stereocenters. The van der Waals surface area contributed by atoms with Crippen LogP contribution in [0, 0.1) is 0 Å². The summed E-state index contributed by atoms with van der Waals surface area (Å²) in [7, 11) is 0. The van der Waals surface area contributed by atoms with Crippen molar-refractivity contribution in [2.24, 2.45) is 0 Å². The summed E-state index contributed by atoms with van der Waals surface area (Å²) in [6.07, 6.45) is 19.8. The Balaban J connectivity index is 1.71. The molecule has 0 heterocycles. The van der Waals surface area contributed by atoms with E-state index in [9.17, 15) is 4.79 Å². The van der Waals surface area contributed by atoms with Gasteiger partial charge in [-0.1, -0.05) is 133 Å². The Kier molecular flexibility index (Phi) is 14.3. The number of hydrogen-bond acceptors (Lipinski definition) is 2. The van der Waals surface area contributed by atoms with Gasteiger partial charge in [-0.25, -0.2) is 0 Å². The van der Waals surface area contributed by atoms with Crippen LogP contribution in [-0.4, -0.2) is 11.9 Å². The van der Waals surface area contributed by atoms with Crippen LogP contribution in [0.4, 0.5) is 0 Å². The molecule has 2 heteroatoms. The van der Waals surface area contributed by atoms with E-state index in [1.54, 1.807) is 0 Å². The number of para-hydroxylation sites is 1. The zero-order valence-electron chi connectivity index (χ0n) is 21.2. The first-order valence-corrected chi connectivity index (χ1v) is 13.6. The van der Waals surface area contributed by atoms with Gasteiger partial charge in [0, 0.05) is 5.56 Å². The second-order valence-corrected chi connectivity index (χ2v) is 9.40. The van der Waals surface area contributed by atoms with Crippen molar-refractivity contribution in [3.63, 3.8) is 0 Å². The molecule has 182 valence electrons. The van der Waals surface area contributed by atoms with Gasteiger partial charge in [0.25, 0.3) is 0 Å². The molecule has 2 rings (SSSR count). The van der Waals surface area contributed by atoms with Gasteiger partial charge < -0.3 is 4.74 Å². The Labute approximate surface area is 203 Å². The van der Waals surface area contributed by atoms with E-state index in [2.05, 4.69) is 13.8 Å². The van der Waals surface area contributed by atoms with Gasteiger partial charge in [0.15, 0.2) is 5.78 Å². The van der Waals surface area contributed by atoms with Crippen molar-refractivity contribution in [2.45, 2.75) is 116 Å². The lowest BCUT2D eigenvalue weighted by atomic mass is 10.0. The molecule has 0 aromatic heterocycles. The van der Waals surface area contributed by atoms with Gasteiger partial charge in [-0.3, -0.25) is 4.79 Å². The molecular formula is C31H46O2. The predicted molar refractivity (Wildman–Crippen MR) is 141 cm³/mol. The molecule has 2 aromatic rings. The third kappa shape index (κ3) is 11.1. The molecule has 0 fully saturated rings. The average Bonchev–Trinajstić information content (AvgIpc) is 2.85. The minimum atomic E-state index is 0.0341. The molecule has 0 radical (unpaired) electrons. The number of carbonyl (C=O) groups is 1. The number of ketones is 1. The number of benzene rings is 2. The van der Waals surface area contributed by atoms with Crippen molar-refractivity contribution in [3.8, 4) is 5.75 Å². The smallest absolute Gasteiger partial charge is 0.196 e. The highest BCUT2D eigenvalue weighted by molar-refractivity contribution is 6.10. The highest BCUT2D eigenvalue weighted by Gasteiger charge is 2.17. The molecule has 0 bridgehead atoms. The molecule has 0 amide bonds. The maximum atomic E-state index is 13.0. The Morgan fingerprint density at radius 3 is 1.79 bits per heavy atom. The van der Waals surface area contributed by atoms with E-state index in [4.69, 9.17) is 4.74 Å². The minimum absolute atomic E-state index is 0.0341. The number of ether oxygens (including phenoxy) is 1. The van der Waals surface area contributed by atoms with Crippen LogP contribution in [0.5, 0.6) is 5.75 Å². The van der Waals surface area contributed by atoms with E-state index in [0.717, 1.165) is 25.0 Å². The highest BCUT2D eigenvalue weighted by Crippen LogP contribution is 2.25. The van der Waals surface area contributed by atoms with Crippen molar-refractivity contribution in [1.82, 2.24) is 0 Å². The molecule has 0 spiro atoms. The summed E-state index contributed by atoms with van der Waals surface area (Å²) in [6, 6.07) is 17.2. The van der Waals surface area contributed by atoms with Crippen LogP contribution in [0.25, 0.3) is 0 Å². The fraction of sp³-hybridized carbons (Fsp3) is 0.581. The van der Waals surface area contributed by atoms with Crippen molar-refractivity contribution in [3.05, 3.63) is 65.7 Å². The summed E-state index contributed by atoms with van der Waals surface area (Å²) in [6.45, 7) is 4.49. The molecule has 2 aromatic carbocycles. The number of hydrogen-bond donors (Lipinski definition) is 0. The predicted octanol–water partition coefficient (Wildman–Crippen LogP) is 9.56. The fourth-order valence-electron chi connectivity index (χ4n) is 4.48. The van der Waals surface area contributed by atoms with Gasteiger partial charge in [0.05, 0.1) is 11.7 Å². The quantitative estimate of drug-likeness (QED) is 0.157. The first kappa shape index (κ1) is 27.2. The third-order valence-corrected chi connectivity index (χ3v) is 6.45. The normalized spacial score (nSPS) is 11.9. The summed E-state index contributed by atoms with van der Waals surface area (Å²) in [4.78, 5) is 13.0. The maximum absolute atomic E-state index is 13.0. The summed E-state index contributed by atoms with van der Waals surface area (Å²) < 4.78 is 6.41. The average molecular weight is 451 g/mol. The Morgan fingerprint density at radius 1 is 0.636 bits per heavy atom. The fourth-order valence-corrected chi connectivity index (χ4v) is 4.48. The van der Waals surface area contributed by atoms with Crippen LogP contribution in [0.15, 0.2) is 54.6 Å². The van der Waals surface area contributed by atoms with Crippen LogP contribution in [0.1, 0.15) is 126 Å². The Bertz CT molecular complexity index is 753. The lowest BCUT2D eigenvalue weighted by Gasteiger charge is -2.20. The summed E-state index contributed by atoms with van der Waals surface area (Å²) in [5.74, 6) is 0.760. The number of unbranched alkanes of at least 4 members (excludes halogenated alkanes) is 11. The van der Waals surface area contributed by atoms with E-state index < -0.39 is 0 Å². The molecule has 1 atom stereocenters. The summed E-state index contributed by atoms with van der Waals surface area (Å²) >= 11 is 0. The molecule has 2 nitrogen and oxygen atoms in total. The first-order valence-electron chi connectivity index (χ1n) is 13.6. The molecule has 0 saturated heterocycles. The summed E-state index contributed by atoms with van der Waals surface area (Å²) in [5, 5.41) is 0. The van der Waals surface area contributed by atoms with Crippen LogP contribution in [0.3, 0.4) is 0 Å². The third-order valence-electron chi connectivity index (χ3n) is 6.45. The van der Waals surface area contributed by atoms with Crippen molar-refractivity contribution in [2.75, 3.05) is 0 Å². The Hall–Kier alpha value is -2.09. The van der Waals surface area contributed by atoms with E-state index in [0.29, 0.717) is 11.1 Å². The standard InChI is InChI=1S/C31H46O2/c1-3-5-6-7-8-9-10-11-12-13-14-18-24-28(21-4-2)33-30-26-20-19-25-29(30)31(32)27-22-16-15-17-23-27/h15-17,19-20,22-23,25-26,28H,3-14,18,21,24H2,1-2H3. The first-order chi connectivity index (χ1) is 16.3. The topological polar surface area (TPSA) is 26.3 Å². The van der Waals surface area contributed by atoms with Crippen molar-refractivity contribution in [1.29, 1.82) is 0 Å². The van der Waals surface area contributed by atoms with Gasteiger partial charge in [-0.2, -0.15) is 0 Å². The molecule has 0 saturated carbocycles. The zero-order valence-corrected chi connectivity index (χ0v) is 21.2. The SMILES string of the molecule is CCCCCCCCCCCCCCC(CCC)Oc1ccccc1C(=O)c1ccccc1. The van der Waals surface area contributed by atoms with E-state index in [1.807, 2.05) is 54.6 Å². The van der Waals surface area contributed by atoms with Crippen LogP contribution < -0.4 is 4.74 Å². The van der Waals surface area contributed by atoms with E-state index in [-0.39, 0.29) is 11.9 Å². The molecule has 0 aliphatic heterocycles. The zero-order chi connectivity index (χ0) is 23.6. The molecular weight excluding hydrogens is 404 g/mol. The van der Waals surface area contributed by atoms with Gasteiger partial charge in [0.2, 0.25) is 0 Å². The highest BCUT2D eigenvalue weighted by atomic mass is 16.5. The molecule has 0 aliphatic carbocycles. The maximum Gasteiger partial charge on any atom is 0.196 e. The number of carbonyl (C=O) groups excluding carboxylic acids is 1.